The van der Waals surface area contributed by atoms with Crippen LogP contribution in [0.3, 0.4) is 0 Å². The molecule has 1 amide bonds. The summed E-state index contributed by atoms with van der Waals surface area (Å²) in [5.41, 5.74) is 2.81. The third kappa shape index (κ3) is 3.29. The highest BCUT2D eigenvalue weighted by Gasteiger charge is 2.32. The minimum Gasteiger partial charge on any atom is -0.389 e. The predicted octanol–water partition coefficient (Wildman–Crippen LogP) is 1.06. The highest BCUT2D eigenvalue weighted by molar-refractivity contribution is 6.06. The second-order valence-electron chi connectivity index (χ2n) is 7.15. The first-order valence-electron chi connectivity index (χ1n) is 9.26. The molecule has 3 aromatic heterocycles. The Kier molecular flexibility index (Phi) is 4.68. The zero-order valence-corrected chi connectivity index (χ0v) is 16.1. The second-order valence-corrected chi connectivity index (χ2v) is 7.15. The minimum atomic E-state index is -0.713. The number of hydrogen-bond acceptors (Lipinski definition) is 7. The molecule has 0 radical (unpaired) electrons. The molecule has 146 valence electrons. The fourth-order valence-electron chi connectivity index (χ4n) is 3.73. The molecular weight excluding hydrogens is 358 g/mol. The van der Waals surface area contributed by atoms with E-state index in [1.54, 1.807) is 34.1 Å². The summed E-state index contributed by atoms with van der Waals surface area (Å²) in [6, 6.07) is 3.33. The number of aliphatic hydroxyl groups is 1. The number of carbonyl (C=O) groups excluding carboxylic acids is 1. The van der Waals surface area contributed by atoms with E-state index in [1.807, 2.05) is 20.9 Å². The van der Waals surface area contributed by atoms with E-state index in [9.17, 15) is 9.90 Å². The summed E-state index contributed by atoms with van der Waals surface area (Å²) >= 11 is 0. The highest BCUT2D eigenvalue weighted by atomic mass is 16.3. The van der Waals surface area contributed by atoms with E-state index in [4.69, 9.17) is 0 Å². The van der Waals surface area contributed by atoms with Crippen molar-refractivity contribution in [2.45, 2.75) is 32.4 Å². The maximum Gasteiger partial charge on any atom is 0.254 e. The number of pyridine rings is 1. The number of piperidine rings is 1. The summed E-state index contributed by atoms with van der Waals surface area (Å²) in [4.78, 5) is 27.7. The summed E-state index contributed by atoms with van der Waals surface area (Å²) in [5, 5.41) is 18.9. The standard InChI is InChI=1S/C19H23N7O2/c1-11-9-13(16-12(2)24-25(3)17(16)22-11)18(28)26-8-5-14(15(27)10-26)23-19-20-6-4-7-21-19/h4,6-7,9,14-15,27H,5,8,10H2,1-3H3,(H,20,21,23)/t14-,15-/m1/s1. The van der Waals surface area contributed by atoms with Gasteiger partial charge in [-0.1, -0.05) is 0 Å². The molecule has 0 bridgehead atoms. The van der Waals surface area contributed by atoms with Gasteiger partial charge >= 0.3 is 0 Å². The molecule has 0 unspecified atom stereocenters. The van der Waals surface area contributed by atoms with E-state index < -0.39 is 6.10 Å². The van der Waals surface area contributed by atoms with Crippen LogP contribution in [0.4, 0.5) is 5.95 Å². The van der Waals surface area contributed by atoms with Gasteiger partial charge in [-0.2, -0.15) is 5.10 Å². The molecule has 1 fully saturated rings. The molecule has 0 aromatic carbocycles. The summed E-state index contributed by atoms with van der Waals surface area (Å²) in [6.45, 7) is 4.51. The molecule has 3 aromatic rings. The first kappa shape index (κ1) is 18.3. The van der Waals surface area contributed by atoms with Crippen LogP contribution in [0.1, 0.15) is 28.2 Å². The average Bonchev–Trinajstić information content (AvgIpc) is 2.96. The highest BCUT2D eigenvalue weighted by Crippen LogP contribution is 2.25. The molecule has 4 heterocycles. The number of hydrogen-bond donors (Lipinski definition) is 2. The number of amides is 1. The van der Waals surface area contributed by atoms with Crippen LogP contribution in [0.15, 0.2) is 24.5 Å². The van der Waals surface area contributed by atoms with Gasteiger partial charge in [-0.15, -0.1) is 0 Å². The van der Waals surface area contributed by atoms with E-state index >= 15 is 0 Å². The summed E-state index contributed by atoms with van der Waals surface area (Å²) < 4.78 is 1.69. The monoisotopic (exact) mass is 381 g/mol. The second kappa shape index (κ2) is 7.16. The number of carbonyl (C=O) groups is 1. The molecule has 1 aliphatic rings. The van der Waals surface area contributed by atoms with Crippen LogP contribution in [0.25, 0.3) is 11.0 Å². The van der Waals surface area contributed by atoms with Gasteiger partial charge in [-0.3, -0.25) is 9.48 Å². The Balaban J connectivity index is 1.55. The van der Waals surface area contributed by atoms with E-state index in [0.29, 0.717) is 30.1 Å². The lowest BCUT2D eigenvalue weighted by Gasteiger charge is -2.36. The Morgan fingerprint density at radius 1 is 1.29 bits per heavy atom. The van der Waals surface area contributed by atoms with Crippen molar-refractivity contribution in [3.05, 3.63) is 41.5 Å². The number of β-amino-alcohol motifs (C(OH)–C–C–N with tert-alkyl or cyclic N) is 1. The van der Waals surface area contributed by atoms with Gasteiger partial charge in [0.15, 0.2) is 5.65 Å². The maximum atomic E-state index is 13.2. The Labute approximate surface area is 162 Å². The lowest BCUT2D eigenvalue weighted by atomic mass is 10.00. The van der Waals surface area contributed by atoms with Crippen molar-refractivity contribution in [3.8, 4) is 0 Å². The zero-order valence-electron chi connectivity index (χ0n) is 16.1. The van der Waals surface area contributed by atoms with Crippen molar-refractivity contribution in [1.82, 2.24) is 29.6 Å². The topological polar surface area (TPSA) is 109 Å². The number of fused-ring (bicyclic) bond motifs is 1. The number of nitrogens with one attached hydrogen (secondary N) is 1. The van der Waals surface area contributed by atoms with Gasteiger partial charge in [-0.05, 0) is 32.4 Å². The molecule has 0 aliphatic carbocycles. The summed E-state index contributed by atoms with van der Waals surface area (Å²) in [5.74, 6) is 0.365. The van der Waals surface area contributed by atoms with Gasteiger partial charge < -0.3 is 15.3 Å². The summed E-state index contributed by atoms with van der Waals surface area (Å²) in [7, 11) is 1.82. The number of aryl methyl sites for hydroxylation is 3. The Hall–Kier alpha value is -3.07. The fourth-order valence-corrected chi connectivity index (χ4v) is 3.73. The number of rotatable bonds is 3. The van der Waals surface area contributed by atoms with Gasteiger partial charge in [0.1, 0.15) is 0 Å². The van der Waals surface area contributed by atoms with Gasteiger partial charge in [0, 0.05) is 38.2 Å². The van der Waals surface area contributed by atoms with Crippen LogP contribution in [-0.4, -0.2) is 65.9 Å². The van der Waals surface area contributed by atoms with Gasteiger partial charge in [0.05, 0.1) is 28.8 Å². The van der Waals surface area contributed by atoms with Crippen LogP contribution >= 0.6 is 0 Å². The van der Waals surface area contributed by atoms with Crippen molar-refractivity contribution >= 4 is 22.9 Å². The quantitative estimate of drug-likeness (QED) is 0.698. The Morgan fingerprint density at radius 3 is 2.75 bits per heavy atom. The lowest BCUT2D eigenvalue weighted by molar-refractivity contribution is 0.0427. The predicted molar refractivity (Wildman–Crippen MR) is 104 cm³/mol. The van der Waals surface area contributed by atoms with Crippen molar-refractivity contribution < 1.29 is 9.90 Å². The fraction of sp³-hybridized carbons (Fsp3) is 0.421. The normalized spacial score (nSPS) is 19.8. The molecule has 4 rings (SSSR count). The Morgan fingerprint density at radius 2 is 2.04 bits per heavy atom. The molecule has 28 heavy (non-hydrogen) atoms. The number of likely N-dealkylation sites (tertiary alicyclic amines) is 1. The zero-order chi connectivity index (χ0) is 19.8. The average molecular weight is 381 g/mol. The third-order valence-electron chi connectivity index (χ3n) is 5.08. The van der Waals surface area contributed by atoms with Crippen molar-refractivity contribution in [2.24, 2.45) is 7.05 Å². The van der Waals surface area contributed by atoms with Crippen molar-refractivity contribution in [1.29, 1.82) is 0 Å². The van der Waals surface area contributed by atoms with E-state index in [0.717, 1.165) is 16.8 Å². The van der Waals surface area contributed by atoms with E-state index in [-0.39, 0.29) is 18.5 Å². The number of anilines is 1. The molecular formula is C19H23N7O2. The third-order valence-corrected chi connectivity index (χ3v) is 5.08. The first-order valence-corrected chi connectivity index (χ1v) is 9.26. The molecule has 1 aliphatic heterocycles. The maximum absolute atomic E-state index is 13.2. The molecule has 9 nitrogen and oxygen atoms in total. The van der Waals surface area contributed by atoms with Crippen LogP contribution in [0.2, 0.25) is 0 Å². The van der Waals surface area contributed by atoms with Gasteiger partial charge in [-0.25, -0.2) is 15.0 Å². The van der Waals surface area contributed by atoms with Crippen LogP contribution < -0.4 is 5.32 Å². The molecule has 0 spiro atoms. The SMILES string of the molecule is Cc1cc(C(=O)N2CC[C@@H](Nc3ncccn3)[C@H](O)C2)c2c(C)nn(C)c2n1. The lowest BCUT2D eigenvalue weighted by Crippen LogP contribution is -2.51. The molecule has 0 saturated carbocycles. The number of nitrogens with zero attached hydrogens (tertiary/aromatic N) is 6. The molecule has 1 saturated heterocycles. The molecule has 2 N–H and O–H groups in total. The molecule has 2 atom stereocenters. The van der Waals surface area contributed by atoms with Crippen molar-refractivity contribution in [3.63, 3.8) is 0 Å². The van der Waals surface area contributed by atoms with Crippen LogP contribution in [-0.2, 0) is 7.05 Å². The van der Waals surface area contributed by atoms with Crippen molar-refractivity contribution in [2.75, 3.05) is 18.4 Å². The molecule has 9 heteroatoms. The minimum absolute atomic E-state index is 0.111. The Bertz CT molecular complexity index is 1020. The summed E-state index contributed by atoms with van der Waals surface area (Å²) in [6.07, 6.45) is 3.18. The number of aromatic nitrogens is 5. The van der Waals surface area contributed by atoms with Crippen LogP contribution in [0.5, 0.6) is 0 Å². The van der Waals surface area contributed by atoms with E-state index in [2.05, 4.69) is 25.4 Å². The first-order chi connectivity index (χ1) is 13.4. The largest absolute Gasteiger partial charge is 0.389 e. The number of aliphatic hydroxyl groups excluding tert-OH is 1. The van der Waals surface area contributed by atoms with E-state index in [1.165, 1.54) is 0 Å². The van der Waals surface area contributed by atoms with Gasteiger partial charge in [0.2, 0.25) is 5.95 Å². The van der Waals surface area contributed by atoms with Crippen LogP contribution in [0, 0.1) is 13.8 Å². The van der Waals surface area contributed by atoms with Gasteiger partial charge in [0.25, 0.3) is 5.91 Å². The smallest absolute Gasteiger partial charge is 0.254 e.